The van der Waals surface area contributed by atoms with Crippen LogP contribution in [-0.2, 0) is 6.42 Å². The molecule has 0 atom stereocenters. The summed E-state index contributed by atoms with van der Waals surface area (Å²) in [5.41, 5.74) is 6.84. The first-order chi connectivity index (χ1) is 6.35. The summed E-state index contributed by atoms with van der Waals surface area (Å²) in [6.07, 6.45) is 2.17. The predicted octanol–water partition coefficient (Wildman–Crippen LogP) is 2.81. The van der Waals surface area contributed by atoms with Gasteiger partial charge in [-0.25, -0.2) is 0 Å². The van der Waals surface area contributed by atoms with Gasteiger partial charge in [0.15, 0.2) is 0 Å². The fourth-order valence-electron chi connectivity index (χ4n) is 1.76. The van der Waals surface area contributed by atoms with Crippen LogP contribution in [0.3, 0.4) is 0 Å². The van der Waals surface area contributed by atoms with Crippen LogP contribution in [0.2, 0.25) is 0 Å². The van der Waals surface area contributed by atoms with Crippen LogP contribution >= 0.6 is 0 Å². The number of methoxy groups -OCH3 is 1. The molecule has 0 N–H and O–H groups in total. The lowest BCUT2D eigenvalue weighted by molar-refractivity contribution is 0.414. The van der Waals surface area contributed by atoms with Gasteiger partial charge in [0.2, 0.25) is 0 Å². The van der Waals surface area contributed by atoms with Crippen LogP contribution in [0.5, 0.6) is 5.75 Å². The zero-order valence-electron chi connectivity index (χ0n) is 7.76. The van der Waals surface area contributed by atoms with Gasteiger partial charge in [-0.3, -0.25) is 0 Å². The van der Waals surface area contributed by atoms with E-state index in [1.807, 2.05) is 6.07 Å². The third-order valence-corrected chi connectivity index (χ3v) is 2.50. The average Bonchev–Trinajstić information content (AvgIpc) is 2.59. The zero-order valence-corrected chi connectivity index (χ0v) is 7.76. The van der Waals surface area contributed by atoms with Crippen molar-refractivity contribution < 1.29 is 4.74 Å². The Balaban J connectivity index is 2.55. The summed E-state index contributed by atoms with van der Waals surface area (Å²) in [7, 11) is 1.69. The summed E-state index contributed by atoms with van der Waals surface area (Å²) < 4.78 is 5.17. The van der Waals surface area contributed by atoms with Crippen molar-refractivity contribution in [3.8, 4) is 5.75 Å². The Morgan fingerprint density at radius 3 is 2.92 bits per heavy atom. The summed E-state index contributed by atoms with van der Waals surface area (Å²) in [4.78, 5) is 0. The molecule has 0 unspecified atom stereocenters. The number of hydrogen-bond donors (Lipinski definition) is 0. The Morgan fingerprint density at radius 2 is 2.23 bits per heavy atom. The molecule has 0 aromatic heterocycles. The average molecular weight is 172 g/mol. The van der Waals surface area contributed by atoms with Crippen molar-refractivity contribution in [2.24, 2.45) is 0 Å². The van der Waals surface area contributed by atoms with Crippen LogP contribution in [-0.4, -0.2) is 7.11 Å². The number of allylic oxidation sites excluding steroid dienone is 1. The van der Waals surface area contributed by atoms with Crippen LogP contribution in [0, 0.1) is 0 Å². The van der Waals surface area contributed by atoms with Crippen LogP contribution < -0.4 is 4.74 Å². The van der Waals surface area contributed by atoms with E-state index in [0.717, 1.165) is 18.6 Å². The second-order valence-corrected chi connectivity index (χ2v) is 3.18. The van der Waals surface area contributed by atoms with E-state index in [1.165, 1.54) is 16.7 Å². The molecule has 2 rings (SSSR count). The Labute approximate surface area is 78.3 Å². The van der Waals surface area contributed by atoms with Crippen molar-refractivity contribution in [3.63, 3.8) is 0 Å². The Bertz CT molecular complexity index is 384. The minimum Gasteiger partial charge on any atom is -0.497 e. The number of hydrogen-bond acceptors (Lipinski definition) is 1. The lowest BCUT2D eigenvalue weighted by Crippen LogP contribution is -1.85. The molecule has 0 bridgehead atoms. The molecule has 1 aromatic carbocycles. The number of benzene rings is 1. The summed E-state index contributed by atoms with van der Waals surface area (Å²) in [5.74, 6) is 0.911. The van der Waals surface area contributed by atoms with Gasteiger partial charge in [-0.05, 0) is 36.1 Å². The second-order valence-electron chi connectivity index (χ2n) is 3.18. The lowest BCUT2D eigenvalue weighted by atomic mass is 10.1. The molecule has 0 spiro atoms. The van der Waals surface area contributed by atoms with Crippen molar-refractivity contribution >= 4 is 5.57 Å². The van der Waals surface area contributed by atoms with Gasteiger partial charge in [0, 0.05) is 5.57 Å². The Hall–Kier alpha value is -1.46. The van der Waals surface area contributed by atoms with Crippen LogP contribution in [0.25, 0.3) is 5.57 Å². The highest BCUT2D eigenvalue weighted by Crippen LogP contribution is 2.33. The topological polar surface area (TPSA) is 9.23 Å². The normalized spacial score (nSPS) is 13.8. The first-order valence-electron chi connectivity index (χ1n) is 4.41. The third-order valence-electron chi connectivity index (χ3n) is 2.50. The fraction of sp³-hybridized carbons (Fsp3) is 0.250. The molecule has 1 heteroatoms. The summed E-state index contributed by atoms with van der Waals surface area (Å²) in [6.45, 7) is 3.69. The zero-order chi connectivity index (χ0) is 9.26. The van der Waals surface area contributed by atoms with Gasteiger partial charge in [-0.2, -0.15) is 0 Å². The molecule has 0 heterocycles. The number of aryl methyl sites for hydroxylation is 1. The molecule has 1 aliphatic rings. The standard InChI is InChI=1S/C12H12O/c1-3-9-4-5-10-6-7-11(13-2)8-12(9)10/h6-8H,1,4-5H2,2H3. The molecule has 0 radical (unpaired) electrons. The Morgan fingerprint density at radius 1 is 1.38 bits per heavy atom. The van der Waals surface area contributed by atoms with Crippen LogP contribution in [0.15, 0.2) is 30.5 Å². The van der Waals surface area contributed by atoms with E-state index in [4.69, 9.17) is 4.74 Å². The largest absolute Gasteiger partial charge is 0.497 e. The first-order valence-corrected chi connectivity index (χ1v) is 4.41. The molecule has 1 aliphatic carbocycles. The molecule has 0 saturated carbocycles. The maximum atomic E-state index is 5.17. The lowest BCUT2D eigenvalue weighted by Gasteiger charge is -2.03. The van der Waals surface area contributed by atoms with Gasteiger partial charge in [-0.1, -0.05) is 12.6 Å². The van der Waals surface area contributed by atoms with E-state index >= 15 is 0 Å². The van der Waals surface area contributed by atoms with Gasteiger partial charge in [0.1, 0.15) is 5.75 Å². The molecule has 1 nitrogen and oxygen atoms in total. The SMILES string of the molecule is C=C=C1CCc2ccc(OC)cc21. The van der Waals surface area contributed by atoms with E-state index < -0.39 is 0 Å². The van der Waals surface area contributed by atoms with Gasteiger partial charge in [0.05, 0.1) is 7.11 Å². The predicted molar refractivity (Wildman–Crippen MR) is 53.9 cm³/mol. The molecule has 1 aromatic rings. The molecule has 13 heavy (non-hydrogen) atoms. The smallest absolute Gasteiger partial charge is 0.119 e. The molecular formula is C12H12O. The van der Waals surface area contributed by atoms with E-state index in [9.17, 15) is 0 Å². The molecule has 0 fully saturated rings. The Kier molecular flexibility index (Phi) is 1.96. The maximum absolute atomic E-state index is 5.17. The molecule has 0 saturated heterocycles. The monoisotopic (exact) mass is 172 g/mol. The number of rotatable bonds is 1. The molecule has 0 aliphatic heterocycles. The van der Waals surface area contributed by atoms with Crippen LogP contribution in [0.4, 0.5) is 0 Å². The highest BCUT2D eigenvalue weighted by atomic mass is 16.5. The molecule has 66 valence electrons. The molecular weight excluding hydrogens is 160 g/mol. The van der Waals surface area contributed by atoms with Crippen molar-refractivity contribution in [2.45, 2.75) is 12.8 Å². The van der Waals surface area contributed by atoms with Crippen molar-refractivity contribution in [1.82, 2.24) is 0 Å². The van der Waals surface area contributed by atoms with E-state index in [1.54, 1.807) is 7.11 Å². The molecule has 0 amide bonds. The van der Waals surface area contributed by atoms with Gasteiger partial charge < -0.3 is 4.74 Å². The highest BCUT2D eigenvalue weighted by molar-refractivity contribution is 5.72. The minimum absolute atomic E-state index is 0.911. The van der Waals surface area contributed by atoms with Crippen molar-refractivity contribution in [3.05, 3.63) is 41.6 Å². The minimum atomic E-state index is 0.911. The van der Waals surface area contributed by atoms with Gasteiger partial charge in [0.25, 0.3) is 0 Å². The van der Waals surface area contributed by atoms with E-state index in [0.29, 0.717) is 0 Å². The van der Waals surface area contributed by atoms with Gasteiger partial charge >= 0.3 is 0 Å². The van der Waals surface area contributed by atoms with Crippen molar-refractivity contribution in [2.75, 3.05) is 7.11 Å². The summed E-state index contributed by atoms with van der Waals surface area (Å²) in [6, 6.07) is 6.19. The van der Waals surface area contributed by atoms with Crippen LogP contribution in [0.1, 0.15) is 17.5 Å². The van der Waals surface area contributed by atoms with Crippen molar-refractivity contribution in [1.29, 1.82) is 0 Å². The quantitative estimate of drug-likeness (QED) is 0.592. The summed E-state index contributed by atoms with van der Waals surface area (Å²) >= 11 is 0. The van der Waals surface area contributed by atoms with E-state index in [2.05, 4.69) is 24.4 Å². The fourth-order valence-corrected chi connectivity index (χ4v) is 1.76. The summed E-state index contributed by atoms with van der Waals surface area (Å²) in [5, 5.41) is 0. The maximum Gasteiger partial charge on any atom is 0.119 e. The first kappa shape index (κ1) is 8.15. The highest BCUT2D eigenvalue weighted by Gasteiger charge is 2.15. The number of fused-ring (bicyclic) bond motifs is 1. The van der Waals surface area contributed by atoms with E-state index in [-0.39, 0.29) is 0 Å². The number of ether oxygens (including phenoxy) is 1. The van der Waals surface area contributed by atoms with Gasteiger partial charge in [-0.15, -0.1) is 5.73 Å². The third kappa shape index (κ3) is 1.28. The second kappa shape index (κ2) is 3.12.